The van der Waals surface area contributed by atoms with Gasteiger partial charge in [-0.2, -0.15) is 0 Å². The lowest BCUT2D eigenvalue weighted by Crippen LogP contribution is -2.31. The van der Waals surface area contributed by atoms with E-state index in [0.717, 1.165) is 12.0 Å². The summed E-state index contributed by atoms with van der Waals surface area (Å²) in [5, 5.41) is 14.0. The normalized spacial score (nSPS) is 16.6. The third-order valence-electron chi connectivity index (χ3n) is 2.66. The van der Waals surface area contributed by atoms with E-state index in [1.807, 2.05) is 26.0 Å². The number of halogens is 2. The molecule has 96 valence electrons. The molecule has 2 nitrogen and oxygen atoms in total. The second-order valence-electron chi connectivity index (χ2n) is 4.54. The van der Waals surface area contributed by atoms with Crippen LogP contribution < -0.4 is 5.32 Å². The molecule has 0 bridgehead atoms. The minimum Gasteiger partial charge on any atom is -0.393 e. The van der Waals surface area contributed by atoms with E-state index in [9.17, 15) is 5.11 Å². The molecule has 1 aromatic rings. The van der Waals surface area contributed by atoms with Crippen molar-refractivity contribution in [3.8, 4) is 0 Å². The molecule has 1 rings (SSSR count). The molecule has 0 amide bonds. The van der Waals surface area contributed by atoms with E-state index < -0.39 is 0 Å². The van der Waals surface area contributed by atoms with E-state index in [1.54, 1.807) is 13.0 Å². The van der Waals surface area contributed by atoms with Gasteiger partial charge in [-0.3, -0.25) is 0 Å². The summed E-state index contributed by atoms with van der Waals surface area (Å²) < 4.78 is 0. The van der Waals surface area contributed by atoms with Crippen LogP contribution in [-0.2, 0) is 0 Å². The van der Waals surface area contributed by atoms with Crippen LogP contribution in [0.1, 0.15) is 38.8 Å². The van der Waals surface area contributed by atoms with Gasteiger partial charge in [0.15, 0.2) is 0 Å². The molecular formula is C13H19Cl2NO. The van der Waals surface area contributed by atoms with Gasteiger partial charge in [0.05, 0.1) is 6.10 Å². The largest absolute Gasteiger partial charge is 0.393 e. The van der Waals surface area contributed by atoms with Crippen molar-refractivity contribution < 1.29 is 5.11 Å². The second kappa shape index (κ2) is 6.60. The Morgan fingerprint density at radius 2 is 1.88 bits per heavy atom. The zero-order valence-electron chi connectivity index (χ0n) is 10.4. The first-order valence-corrected chi connectivity index (χ1v) is 6.54. The number of hydrogen-bond acceptors (Lipinski definition) is 2. The summed E-state index contributed by atoms with van der Waals surface area (Å²) in [6.45, 7) is 5.89. The molecule has 0 radical (unpaired) electrons. The molecule has 17 heavy (non-hydrogen) atoms. The van der Waals surface area contributed by atoms with Crippen LogP contribution >= 0.6 is 23.2 Å². The number of nitrogens with one attached hydrogen (secondary N) is 1. The lowest BCUT2D eigenvalue weighted by molar-refractivity contribution is 0.168. The quantitative estimate of drug-likeness (QED) is 0.857. The standard InChI is InChI=1S/C13H19Cl2NO/c1-8(6-9(2)17)16-10(3)12-5-4-11(14)7-13(12)15/h4-5,7-10,16-17H,6H2,1-3H3. The van der Waals surface area contributed by atoms with E-state index in [1.165, 1.54) is 0 Å². The van der Waals surface area contributed by atoms with Crippen molar-refractivity contribution in [2.24, 2.45) is 0 Å². The molecule has 3 unspecified atom stereocenters. The Labute approximate surface area is 113 Å². The Morgan fingerprint density at radius 3 is 2.41 bits per heavy atom. The lowest BCUT2D eigenvalue weighted by Gasteiger charge is -2.22. The highest BCUT2D eigenvalue weighted by Gasteiger charge is 2.13. The number of aliphatic hydroxyl groups is 1. The summed E-state index contributed by atoms with van der Waals surface area (Å²) in [4.78, 5) is 0. The molecule has 0 saturated carbocycles. The number of rotatable bonds is 5. The Hall–Kier alpha value is -0.280. The van der Waals surface area contributed by atoms with Gasteiger partial charge < -0.3 is 10.4 Å². The van der Waals surface area contributed by atoms with Crippen LogP contribution in [0.25, 0.3) is 0 Å². The van der Waals surface area contributed by atoms with E-state index in [0.29, 0.717) is 10.0 Å². The van der Waals surface area contributed by atoms with Crippen molar-refractivity contribution >= 4 is 23.2 Å². The highest BCUT2D eigenvalue weighted by molar-refractivity contribution is 6.35. The van der Waals surface area contributed by atoms with Gasteiger partial charge in [0.25, 0.3) is 0 Å². The molecule has 0 aromatic heterocycles. The van der Waals surface area contributed by atoms with Crippen molar-refractivity contribution in [2.45, 2.75) is 45.4 Å². The Bertz CT molecular complexity index is 368. The molecule has 0 aliphatic rings. The third-order valence-corrected chi connectivity index (χ3v) is 3.22. The predicted octanol–water partition coefficient (Wildman–Crippen LogP) is 3.80. The first kappa shape index (κ1) is 14.8. The van der Waals surface area contributed by atoms with Crippen LogP contribution in [0.4, 0.5) is 0 Å². The van der Waals surface area contributed by atoms with Gasteiger partial charge >= 0.3 is 0 Å². The average molecular weight is 276 g/mol. The van der Waals surface area contributed by atoms with E-state index >= 15 is 0 Å². The van der Waals surface area contributed by atoms with E-state index in [4.69, 9.17) is 23.2 Å². The second-order valence-corrected chi connectivity index (χ2v) is 5.38. The molecule has 4 heteroatoms. The molecule has 1 aromatic carbocycles. The maximum absolute atomic E-state index is 9.31. The Morgan fingerprint density at radius 1 is 1.24 bits per heavy atom. The Kier molecular flexibility index (Phi) is 5.74. The minimum atomic E-state index is -0.301. The summed E-state index contributed by atoms with van der Waals surface area (Å²) >= 11 is 12.0. The van der Waals surface area contributed by atoms with E-state index in [2.05, 4.69) is 5.32 Å². The van der Waals surface area contributed by atoms with Gasteiger partial charge in [-0.25, -0.2) is 0 Å². The van der Waals surface area contributed by atoms with Gasteiger partial charge in [0, 0.05) is 22.1 Å². The van der Waals surface area contributed by atoms with Gasteiger partial charge in [-0.15, -0.1) is 0 Å². The van der Waals surface area contributed by atoms with Gasteiger partial charge in [-0.1, -0.05) is 29.3 Å². The fraction of sp³-hybridized carbons (Fsp3) is 0.538. The van der Waals surface area contributed by atoms with Gasteiger partial charge in [0.1, 0.15) is 0 Å². The summed E-state index contributed by atoms with van der Waals surface area (Å²) in [7, 11) is 0. The predicted molar refractivity (Wildman–Crippen MR) is 73.8 cm³/mol. The number of hydrogen-bond donors (Lipinski definition) is 2. The highest BCUT2D eigenvalue weighted by atomic mass is 35.5. The Balaban J connectivity index is 2.66. The zero-order valence-corrected chi connectivity index (χ0v) is 11.9. The fourth-order valence-electron chi connectivity index (χ4n) is 1.95. The molecule has 0 spiro atoms. The van der Waals surface area contributed by atoms with Crippen LogP contribution in [0, 0.1) is 0 Å². The summed E-state index contributed by atoms with van der Waals surface area (Å²) in [6, 6.07) is 5.87. The fourth-order valence-corrected chi connectivity index (χ4v) is 2.52. The maximum atomic E-state index is 9.31. The van der Waals surface area contributed by atoms with Crippen molar-refractivity contribution in [3.63, 3.8) is 0 Å². The van der Waals surface area contributed by atoms with Gasteiger partial charge in [-0.05, 0) is 44.9 Å². The van der Waals surface area contributed by atoms with Crippen LogP contribution in [0.5, 0.6) is 0 Å². The SMILES string of the molecule is CC(O)CC(C)NC(C)c1ccc(Cl)cc1Cl. The molecular weight excluding hydrogens is 257 g/mol. The lowest BCUT2D eigenvalue weighted by atomic mass is 10.1. The number of benzene rings is 1. The van der Waals surface area contributed by atoms with E-state index in [-0.39, 0.29) is 18.2 Å². The first-order chi connectivity index (χ1) is 7.90. The molecule has 0 heterocycles. The van der Waals surface area contributed by atoms with Crippen LogP contribution in [0.15, 0.2) is 18.2 Å². The minimum absolute atomic E-state index is 0.133. The maximum Gasteiger partial charge on any atom is 0.0526 e. The molecule has 3 atom stereocenters. The zero-order chi connectivity index (χ0) is 13.0. The van der Waals surface area contributed by atoms with Crippen molar-refractivity contribution in [1.82, 2.24) is 5.32 Å². The molecule has 0 aliphatic heterocycles. The number of aliphatic hydroxyl groups excluding tert-OH is 1. The molecule has 0 aliphatic carbocycles. The summed E-state index contributed by atoms with van der Waals surface area (Å²) in [6.07, 6.45) is 0.417. The smallest absolute Gasteiger partial charge is 0.0526 e. The first-order valence-electron chi connectivity index (χ1n) is 5.79. The van der Waals surface area contributed by atoms with Crippen LogP contribution in [-0.4, -0.2) is 17.3 Å². The average Bonchev–Trinajstić information content (AvgIpc) is 2.15. The van der Waals surface area contributed by atoms with Gasteiger partial charge in [0.2, 0.25) is 0 Å². The molecule has 2 N–H and O–H groups in total. The van der Waals surface area contributed by atoms with Crippen LogP contribution in [0.3, 0.4) is 0 Å². The van der Waals surface area contributed by atoms with Crippen molar-refractivity contribution in [3.05, 3.63) is 33.8 Å². The summed E-state index contributed by atoms with van der Waals surface area (Å²) in [5.41, 5.74) is 1.02. The van der Waals surface area contributed by atoms with Crippen molar-refractivity contribution in [1.29, 1.82) is 0 Å². The molecule has 0 fully saturated rings. The topological polar surface area (TPSA) is 32.3 Å². The highest BCUT2D eigenvalue weighted by Crippen LogP contribution is 2.26. The summed E-state index contributed by atoms with van der Waals surface area (Å²) in [5.74, 6) is 0. The third kappa shape index (κ3) is 4.84. The van der Waals surface area contributed by atoms with Crippen molar-refractivity contribution in [2.75, 3.05) is 0 Å². The monoisotopic (exact) mass is 275 g/mol. The molecule has 0 saturated heterocycles. The van der Waals surface area contributed by atoms with Crippen LogP contribution in [0.2, 0.25) is 10.0 Å².